The van der Waals surface area contributed by atoms with E-state index in [1.165, 1.54) is 19.2 Å². The molecule has 4 atom stereocenters. The third-order valence-corrected chi connectivity index (χ3v) is 10.6. The predicted octanol–water partition coefficient (Wildman–Crippen LogP) is 4.46. The number of fused-ring (bicyclic) bond motifs is 5. The highest BCUT2D eigenvalue weighted by Crippen LogP contribution is 2.66. The number of rotatable bonds is 2. The van der Waals surface area contributed by atoms with Crippen LogP contribution in [0.2, 0.25) is 0 Å². The van der Waals surface area contributed by atoms with Crippen LogP contribution in [0.15, 0.2) is 17.0 Å². The lowest BCUT2D eigenvalue weighted by Crippen LogP contribution is -2.60. The van der Waals surface area contributed by atoms with Crippen molar-refractivity contribution in [3.8, 4) is 0 Å². The molecular formula is C24H32O6S. The Bertz CT molecular complexity index is 1070. The second kappa shape index (κ2) is 6.80. The van der Waals surface area contributed by atoms with Crippen molar-refractivity contribution in [2.24, 2.45) is 22.7 Å². The summed E-state index contributed by atoms with van der Waals surface area (Å²) in [6.07, 6.45) is 4.88. The molecule has 0 aromatic heterocycles. The molecular weight excluding hydrogens is 416 g/mol. The Labute approximate surface area is 184 Å². The number of methoxy groups -OCH3 is 1. The van der Waals surface area contributed by atoms with Crippen LogP contribution in [0.25, 0.3) is 0 Å². The Morgan fingerprint density at radius 1 is 1.06 bits per heavy atom. The van der Waals surface area contributed by atoms with Gasteiger partial charge in [-0.05, 0) is 71.5 Å². The van der Waals surface area contributed by atoms with Gasteiger partial charge in [0.1, 0.15) is 0 Å². The van der Waals surface area contributed by atoms with Gasteiger partial charge in [-0.25, -0.2) is 18.0 Å². The fraction of sp³-hybridized carbons (Fsp3) is 0.667. The number of carboxylic acid groups (broad SMARTS) is 1. The van der Waals surface area contributed by atoms with Gasteiger partial charge in [-0.15, -0.1) is 0 Å². The molecule has 170 valence electrons. The molecule has 4 rings (SSSR count). The van der Waals surface area contributed by atoms with E-state index in [0.29, 0.717) is 11.5 Å². The first kappa shape index (κ1) is 22.3. The maximum Gasteiger partial charge on any atom is 0.338 e. The van der Waals surface area contributed by atoms with Crippen molar-refractivity contribution < 1.29 is 27.9 Å². The zero-order valence-corrected chi connectivity index (χ0v) is 19.8. The van der Waals surface area contributed by atoms with Crippen molar-refractivity contribution >= 4 is 21.8 Å². The predicted molar refractivity (Wildman–Crippen MR) is 116 cm³/mol. The van der Waals surface area contributed by atoms with Gasteiger partial charge in [0.15, 0.2) is 9.84 Å². The minimum Gasteiger partial charge on any atom is -0.478 e. The minimum atomic E-state index is -3.77. The van der Waals surface area contributed by atoms with E-state index in [1.54, 1.807) is 0 Å². The van der Waals surface area contributed by atoms with Crippen LogP contribution in [-0.2, 0) is 20.0 Å². The smallest absolute Gasteiger partial charge is 0.338 e. The van der Waals surface area contributed by atoms with E-state index in [-0.39, 0.29) is 38.5 Å². The van der Waals surface area contributed by atoms with E-state index in [0.717, 1.165) is 32.1 Å². The third-order valence-electron chi connectivity index (χ3n) is 8.84. The van der Waals surface area contributed by atoms with Crippen LogP contribution in [-0.4, -0.2) is 38.3 Å². The number of carbonyl (C=O) groups is 2. The fourth-order valence-electron chi connectivity index (χ4n) is 7.48. The van der Waals surface area contributed by atoms with Crippen LogP contribution in [0.4, 0.5) is 0 Å². The lowest BCUT2D eigenvalue weighted by molar-refractivity contribution is -0.0983. The molecule has 0 saturated heterocycles. The largest absolute Gasteiger partial charge is 0.478 e. The highest BCUT2D eigenvalue weighted by molar-refractivity contribution is 7.91. The molecule has 4 unspecified atom stereocenters. The number of benzene rings is 1. The van der Waals surface area contributed by atoms with Gasteiger partial charge in [-0.3, -0.25) is 0 Å². The SMILES string of the molecule is COC(=O)c1cc(C(=O)O)cc2c1C1(C)CCC3C(C)(C)CCCC3(C)C1CS2(=O)=O. The first-order valence-corrected chi connectivity index (χ1v) is 12.7. The van der Waals surface area contributed by atoms with Gasteiger partial charge in [-0.2, -0.15) is 0 Å². The van der Waals surface area contributed by atoms with E-state index in [1.807, 2.05) is 0 Å². The van der Waals surface area contributed by atoms with Crippen molar-refractivity contribution in [2.75, 3.05) is 12.9 Å². The van der Waals surface area contributed by atoms with Crippen LogP contribution < -0.4 is 0 Å². The molecule has 0 bridgehead atoms. The standard InChI is InChI=1S/C24H32O6S/c1-22(2)8-6-9-23(3)17(22)7-10-24(4)18(23)13-31(28,29)16-12-14(20(25)26)11-15(19(16)24)21(27)30-5/h11-12,17-18H,6-10,13H2,1-5H3,(H,25,26). The molecule has 1 aromatic carbocycles. The number of hydrogen-bond donors (Lipinski definition) is 1. The summed E-state index contributed by atoms with van der Waals surface area (Å²) in [4.78, 5) is 24.4. The number of hydrogen-bond acceptors (Lipinski definition) is 5. The van der Waals surface area contributed by atoms with Crippen molar-refractivity contribution in [1.82, 2.24) is 0 Å². The van der Waals surface area contributed by atoms with Crippen molar-refractivity contribution in [3.05, 3.63) is 28.8 Å². The van der Waals surface area contributed by atoms with Crippen molar-refractivity contribution in [3.63, 3.8) is 0 Å². The summed E-state index contributed by atoms with van der Waals surface area (Å²) in [5.74, 6) is -1.70. The molecule has 3 aliphatic rings. The summed E-state index contributed by atoms with van der Waals surface area (Å²) in [5.41, 5.74) is -0.243. The van der Waals surface area contributed by atoms with E-state index in [4.69, 9.17) is 4.74 Å². The molecule has 2 fully saturated rings. The summed E-state index contributed by atoms with van der Waals surface area (Å²) >= 11 is 0. The van der Waals surface area contributed by atoms with Crippen molar-refractivity contribution in [2.45, 2.75) is 70.1 Å². The quantitative estimate of drug-likeness (QED) is 0.671. The van der Waals surface area contributed by atoms with Gasteiger partial charge in [0.2, 0.25) is 0 Å². The molecule has 0 amide bonds. The molecule has 1 heterocycles. The van der Waals surface area contributed by atoms with Gasteiger partial charge < -0.3 is 9.84 Å². The maximum atomic E-state index is 13.5. The van der Waals surface area contributed by atoms with Gasteiger partial charge in [0.25, 0.3) is 0 Å². The molecule has 2 saturated carbocycles. The highest BCUT2D eigenvalue weighted by atomic mass is 32.2. The first-order valence-electron chi connectivity index (χ1n) is 11.0. The summed E-state index contributed by atoms with van der Waals surface area (Å²) in [6, 6.07) is 2.52. The van der Waals surface area contributed by atoms with Crippen LogP contribution in [0, 0.1) is 22.7 Å². The molecule has 0 spiro atoms. The summed E-state index contributed by atoms with van der Waals surface area (Å²) in [7, 11) is -2.53. The second-order valence-electron chi connectivity index (χ2n) is 10.9. The topological polar surface area (TPSA) is 97.7 Å². The van der Waals surface area contributed by atoms with Crippen molar-refractivity contribution in [1.29, 1.82) is 0 Å². The second-order valence-corrected chi connectivity index (χ2v) is 12.9. The van der Waals surface area contributed by atoms with E-state index in [9.17, 15) is 23.1 Å². The Kier molecular flexibility index (Phi) is 4.90. The first-order chi connectivity index (χ1) is 14.3. The summed E-state index contributed by atoms with van der Waals surface area (Å²) in [6.45, 7) is 8.90. The Morgan fingerprint density at radius 2 is 1.74 bits per heavy atom. The molecule has 1 N–H and O–H groups in total. The number of aromatic carboxylic acids is 1. The van der Waals surface area contributed by atoms with Crippen LogP contribution in [0.3, 0.4) is 0 Å². The summed E-state index contributed by atoms with van der Waals surface area (Å²) < 4.78 is 32.1. The zero-order valence-electron chi connectivity index (χ0n) is 18.9. The van der Waals surface area contributed by atoms with Gasteiger partial charge >= 0.3 is 11.9 Å². The van der Waals surface area contributed by atoms with Gasteiger partial charge in [0.05, 0.1) is 28.9 Å². The molecule has 0 radical (unpaired) electrons. The Balaban J connectivity index is 2.01. The number of ether oxygens (including phenoxy) is 1. The number of carboxylic acids is 1. The highest BCUT2D eigenvalue weighted by Gasteiger charge is 2.62. The third kappa shape index (κ3) is 3.06. The Hall–Kier alpha value is -1.89. The fourth-order valence-corrected chi connectivity index (χ4v) is 9.80. The molecule has 7 heteroatoms. The van der Waals surface area contributed by atoms with Crippen LogP contribution >= 0.6 is 0 Å². The number of sulfone groups is 1. The molecule has 2 aliphatic carbocycles. The monoisotopic (exact) mass is 448 g/mol. The molecule has 31 heavy (non-hydrogen) atoms. The average molecular weight is 449 g/mol. The average Bonchev–Trinajstić information content (AvgIpc) is 2.68. The summed E-state index contributed by atoms with van der Waals surface area (Å²) in [5, 5.41) is 9.54. The van der Waals surface area contributed by atoms with E-state index < -0.39 is 27.2 Å². The van der Waals surface area contributed by atoms with E-state index in [2.05, 4.69) is 27.7 Å². The van der Waals surface area contributed by atoms with Crippen LogP contribution in [0.1, 0.15) is 86.1 Å². The lowest BCUT2D eigenvalue weighted by atomic mass is 9.42. The number of carbonyl (C=O) groups excluding carboxylic acids is 1. The lowest BCUT2D eigenvalue weighted by Gasteiger charge is -2.64. The Morgan fingerprint density at radius 3 is 2.35 bits per heavy atom. The molecule has 1 aromatic rings. The molecule has 1 aliphatic heterocycles. The van der Waals surface area contributed by atoms with Gasteiger partial charge in [0, 0.05) is 0 Å². The normalized spacial score (nSPS) is 35.3. The molecule has 6 nitrogen and oxygen atoms in total. The minimum absolute atomic E-state index is 0.0105. The van der Waals surface area contributed by atoms with Gasteiger partial charge in [-0.1, -0.05) is 34.1 Å². The number of esters is 1. The van der Waals surface area contributed by atoms with E-state index >= 15 is 0 Å². The van der Waals surface area contributed by atoms with Crippen LogP contribution in [0.5, 0.6) is 0 Å². The zero-order chi connectivity index (χ0) is 23.0. The maximum absolute atomic E-state index is 13.5.